The summed E-state index contributed by atoms with van der Waals surface area (Å²) in [5.74, 6) is -0.561. The number of nitrogens with two attached hydrogens (primary N) is 1. The number of hydrogen-bond donors (Lipinski definition) is 1. The van der Waals surface area contributed by atoms with Crippen LogP contribution in [0.15, 0.2) is 12.2 Å². The minimum atomic E-state index is -0.575. The maximum atomic E-state index is 11.2. The fourth-order valence-corrected chi connectivity index (χ4v) is 0.991. The molecule has 2 N–H and O–H groups in total. The Bertz CT molecular complexity index is 193. The van der Waals surface area contributed by atoms with E-state index in [2.05, 4.69) is 0 Å². The van der Waals surface area contributed by atoms with Crippen molar-refractivity contribution in [1.29, 1.82) is 0 Å². The maximum Gasteiger partial charge on any atom is 0.241 e. The van der Waals surface area contributed by atoms with Crippen molar-refractivity contribution in [3.63, 3.8) is 0 Å². The molecule has 0 bridgehead atoms. The Labute approximate surface area is 72.6 Å². The van der Waals surface area contributed by atoms with Crippen LogP contribution in [0.25, 0.3) is 0 Å². The summed E-state index contributed by atoms with van der Waals surface area (Å²) in [5.41, 5.74) is 4.85. The monoisotopic (exact) mass is 169 g/mol. The van der Waals surface area contributed by atoms with Gasteiger partial charge in [0.2, 0.25) is 5.91 Å². The van der Waals surface area contributed by atoms with E-state index in [0.29, 0.717) is 0 Å². The smallest absolute Gasteiger partial charge is 0.241 e. The van der Waals surface area contributed by atoms with Crippen LogP contribution < -0.4 is 5.73 Å². The van der Waals surface area contributed by atoms with Crippen molar-refractivity contribution in [1.82, 2.24) is 0 Å². The van der Waals surface area contributed by atoms with Crippen LogP contribution in [0.3, 0.4) is 0 Å². The van der Waals surface area contributed by atoms with E-state index in [0.717, 1.165) is 18.9 Å². The summed E-state index contributed by atoms with van der Waals surface area (Å²) in [6.45, 7) is 3.90. The summed E-state index contributed by atoms with van der Waals surface area (Å²) >= 11 is 0. The molecule has 0 unspecified atom stereocenters. The summed E-state index contributed by atoms with van der Waals surface area (Å²) < 4.78 is 0. The molecule has 0 fully saturated rings. The highest BCUT2D eigenvalue weighted by Crippen LogP contribution is 2.08. The van der Waals surface area contributed by atoms with E-state index in [4.69, 9.17) is 5.73 Å². The summed E-state index contributed by atoms with van der Waals surface area (Å²) in [5, 5.41) is 0. The van der Waals surface area contributed by atoms with Crippen molar-refractivity contribution >= 4 is 11.7 Å². The molecule has 12 heavy (non-hydrogen) atoms. The SMILES string of the molecule is CCC(CC)C(=O)/C=C/C(N)=O. The molecule has 0 saturated heterocycles. The zero-order chi connectivity index (χ0) is 9.56. The van der Waals surface area contributed by atoms with Crippen molar-refractivity contribution in [2.24, 2.45) is 11.7 Å². The van der Waals surface area contributed by atoms with Gasteiger partial charge in [-0.3, -0.25) is 9.59 Å². The third-order valence-corrected chi connectivity index (χ3v) is 1.80. The third-order valence-electron chi connectivity index (χ3n) is 1.80. The van der Waals surface area contributed by atoms with Gasteiger partial charge in [0.15, 0.2) is 5.78 Å². The highest BCUT2D eigenvalue weighted by molar-refractivity contribution is 5.98. The number of carbonyl (C=O) groups excluding carboxylic acids is 2. The average Bonchev–Trinajstić information content (AvgIpc) is 2.03. The highest BCUT2D eigenvalue weighted by atomic mass is 16.1. The third kappa shape index (κ3) is 3.91. The predicted octanol–water partition coefficient (Wildman–Crippen LogP) is 1.03. The Kier molecular flexibility index (Phi) is 5.00. The first-order chi connectivity index (χ1) is 5.61. The Hall–Kier alpha value is -1.12. The summed E-state index contributed by atoms with van der Waals surface area (Å²) in [4.78, 5) is 21.5. The molecule has 0 aliphatic carbocycles. The van der Waals surface area contributed by atoms with Gasteiger partial charge in [0.05, 0.1) is 0 Å². The normalized spacial score (nSPS) is 10.9. The summed E-state index contributed by atoms with van der Waals surface area (Å²) in [7, 11) is 0. The van der Waals surface area contributed by atoms with Gasteiger partial charge >= 0.3 is 0 Å². The number of amides is 1. The zero-order valence-corrected chi connectivity index (χ0v) is 7.54. The molecule has 0 radical (unpaired) electrons. The number of allylic oxidation sites excluding steroid dienone is 1. The van der Waals surface area contributed by atoms with Crippen LogP contribution in [0.2, 0.25) is 0 Å². The Morgan fingerprint density at radius 3 is 2.08 bits per heavy atom. The van der Waals surface area contributed by atoms with E-state index in [1.165, 1.54) is 6.08 Å². The first-order valence-electron chi connectivity index (χ1n) is 4.13. The van der Waals surface area contributed by atoms with Gasteiger partial charge in [-0.15, -0.1) is 0 Å². The predicted molar refractivity (Wildman–Crippen MR) is 47.4 cm³/mol. The van der Waals surface area contributed by atoms with Gasteiger partial charge in [-0.25, -0.2) is 0 Å². The van der Waals surface area contributed by atoms with Crippen LogP contribution in [-0.2, 0) is 9.59 Å². The highest BCUT2D eigenvalue weighted by Gasteiger charge is 2.10. The molecule has 0 atom stereocenters. The lowest BCUT2D eigenvalue weighted by atomic mass is 9.98. The van der Waals surface area contributed by atoms with Gasteiger partial charge < -0.3 is 5.73 Å². The summed E-state index contributed by atoms with van der Waals surface area (Å²) in [6.07, 6.45) is 3.98. The van der Waals surface area contributed by atoms with Crippen LogP contribution in [-0.4, -0.2) is 11.7 Å². The number of rotatable bonds is 5. The van der Waals surface area contributed by atoms with Gasteiger partial charge in [0.25, 0.3) is 0 Å². The number of ketones is 1. The minimum absolute atomic E-state index is 0.0150. The Balaban J connectivity index is 4.10. The molecule has 0 rings (SSSR count). The Morgan fingerprint density at radius 1 is 1.25 bits per heavy atom. The van der Waals surface area contributed by atoms with Crippen LogP contribution in [0.5, 0.6) is 0 Å². The molecule has 68 valence electrons. The van der Waals surface area contributed by atoms with Crippen LogP contribution >= 0.6 is 0 Å². The van der Waals surface area contributed by atoms with E-state index in [9.17, 15) is 9.59 Å². The largest absolute Gasteiger partial charge is 0.366 e. The number of hydrogen-bond acceptors (Lipinski definition) is 2. The lowest BCUT2D eigenvalue weighted by molar-refractivity contribution is -0.119. The van der Waals surface area contributed by atoms with Gasteiger partial charge in [-0.2, -0.15) is 0 Å². The van der Waals surface area contributed by atoms with E-state index in [1.807, 2.05) is 13.8 Å². The van der Waals surface area contributed by atoms with E-state index >= 15 is 0 Å². The molecule has 0 aliphatic rings. The van der Waals surface area contributed by atoms with Crippen molar-refractivity contribution in [3.8, 4) is 0 Å². The molecule has 0 aromatic rings. The summed E-state index contributed by atoms with van der Waals surface area (Å²) in [6, 6.07) is 0. The molecular weight excluding hydrogens is 154 g/mol. The topological polar surface area (TPSA) is 60.2 Å². The fourth-order valence-electron chi connectivity index (χ4n) is 0.991. The molecular formula is C9H15NO2. The lowest BCUT2D eigenvalue weighted by Gasteiger charge is -2.05. The standard InChI is InChI=1S/C9H15NO2/c1-3-7(4-2)8(11)5-6-9(10)12/h5-7H,3-4H2,1-2H3,(H2,10,12)/b6-5+. The van der Waals surface area contributed by atoms with Crippen molar-refractivity contribution < 1.29 is 9.59 Å². The second-order valence-corrected chi connectivity index (χ2v) is 2.65. The molecule has 3 nitrogen and oxygen atoms in total. The molecule has 1 amide bonds. The Morgan fingerprint density at radius 2 is 1.75 bits per heavy atom. The zero-order valence-electron chi connectivity index (χ0n) is 7.54. The minimum Gasteiger partial charge on any atom is -0.366 e. The molecule has 0 aromatic heterocycles. The molecule has 0 spiro atoms. The van der Waals surface area contributed by atoms with Crippen LogP contribution in [0.4, 0.5) is 0 Å². The van der Waals surface area contributed by atoms with E-state index in [1.54, 1.807) is 0 Å². The number of primary amides is 1. The first-order valence-corrected chi connectivity index (χ1v) is 4.13. The molecule has 0 heterocycles. The fraction of sp³-hybridized carbons (Fsp3) is 0.556. The second kappa shape index (κ2) is 5.52. The molecule has 0 saturated carbocycles. The maximum absolute atomic E-state index is 11.2. The van der Waals surface area contributed by atoms with Gasteiger partial charge in [0, 0.05) is 12.0 Å². The first kappa shape index (κ1) is 10.9. The lowest BCUT2D eigenvalue weighted by Crippen LogP contribution is -2.12. The van der Waals surface area contributed by atoms with Crippen molar-refractivity contribution in [2.75, 3.05) is 0 Å². The van der Waals surface area contributed by atoms with Crippen LogP contribution in [0.1, 0.15) is 26.7 Å². The second-order valence-electron chi connectivity index (χ2n) is 2.65. The van der Waals surface area contributed by atoms with E-state index in [-0.39, 0.29) is 11.7 Å². The van der Waals surface area contributed by atoms with Gasteiger partial charge in [-0.05, 0) is 18.9 Å². The number of carbonyl (C=O) groups is 2. The van der Waals surface area contributed by atoms with Crippen LogP contribution in [0, 0.1) is 5.92 Å². The molecule has 3 heteroatoms. The molecule has 0 aromatic carbocycles. The quantitative estimate of drug-likeness (QED) is 0.625. The van der Waals surface area contributed by atoms with E-state index < -0.39 is 5.91 Å². The van der Waals surface area contributed by atoms with Crippen molar-refractivity contribution in [3.05, 3.63) is 12.2 Å². The average molecular weight is 169 g/mol. The van der Waals surface area contributed by atoms with Gasteiger partial charge in [0.1, 0.15) is 0 Å². The van der Waals surface area contributed by atoms with Crippen molar-refractivity contribution in [2.45, 2.75) is 26.7 Å². The van der Waals surface area contributed by atoms with Gasteiger partial charge in [-0.1, -0.05) is 13.8 Å². The molecule has 0 aliphatic heterocycles.